The number of ether oxygens (including phenoxy) is 1. The van der Waals surface area contributed by atoms with Crippen molar-refractivity contribution in [2.75, 3.05) is 7.11 Å². The Hall–Kier alpha value is -3.91. The van der Waals surface area contributed by atoms with Gasteiger partial charge in [-0.25, -0.2) is 4.52 Å². The second-order valence-electron chi connectivity index (χ2n) is 8.23. The first-order chi connectivity index (χ1) is 16.5. The fourth-order valence-corrected chi connectivity index (χ4v) is 3.98. The molecule has 0 fully saturated rings. The molecule has 0 aliphatic rings. The molecule has 0 aliphatic carbocycles. The number of rotatable bonds is 9. The Morgan fingerprint density at radius 1 is 1.12 bits per heavy atom. The Kier molecular flexibility index (Phi) is 7.08. The summed E-state index contributed by atoms with van der Waals surface area (Å²) in [5, 5.41) is 17.5. The summed E-state index contributed by atoms with van der Waals surface area (Å²) in [5.41, 5.74) is 2.77. The van der Waals surface area contributed by atoms with E-state index in [4.69, 9.17) is 4.74 Å². The summed E-state index contributed by atoms with van der Waals surface area (Å²) in [6.45, 7) is 1.49. The minimum Gasteiger partial charge on any atom is -0.497 e. The van der Waals surface area contributed by atoms with E-state index in [1.165, 1.54) is 20.8 Å². The molecule has 176 valence electrons. The molecule has 0 saturated carbocycles. The van der Waals surface area contributed by atoms with Crippen LogP contribution in [0, 0.1) is 0 Å². The summed E-state index contributed by atoms with van der Waals surface area (Å²) < 4.78 is 7.98. The fraction of sp³-hybridized carbons (Fsp3) is 0.269. The van der Waals surface area contributed by atoms with Crippen molar-refractivity contribution < 1.29 is 14.6 Å². The molecule has 2 N–H and O–H groups in total. The van der Waals surface area contributed by atoms with Crippen LogP contribution in [-0.2, 0) is 24.4 Å². The number of benzene rings is 2. The molecule has 34 heavy (non-hydrogen) atoms. The molecule has 2 aromatic carbocycles. The number of carbonyl (C=O) groups excluding carboxylic acids is 1. The molecule has 8 heteroatoms. The largest absolute Gasteiger partial charge is 0.497 e. The molecule has 0 aliphatic heterocycles. The number of fused-ring (bicyclic) bond motifs is 1. The van der Waals surface area contributed by atoms with E-state index < -0.39 is 0 Å². The summed E-state index contributed by atoms with van der Waals surface area (Å²) >= 11 is 0. The van der Waals surface area contributed by atoms with Crippen LogP contribution < -0.4 is 15.6 Å². The summed E-state index contributed by atoms with van der Waals surface area (Å²) in [4.78, 5) is 25.8. The smallest absolute Gasteiger partial charge is 0.277 e. The van der Waals surface area contributed by atoms with Gasteiger partial charge in [-0.3, -0.25) is 9.59 Å². The van der Waals surface area contributed by atoms with E-state index in [-0.39, 0.29) is 36.2 Å². The number of aromatic nitrogens is 3. The van der Waals surface area contributed by atoms with Crippen LogP contribution in [0.15, 0.2) is 71.8 Å². The number of methoxy groups -OCH3 is 1. The lowest BCUT2D eigenvalue weighted by atomic mass is 10.1. The molecule has 1 atom stereocenters. The first-order valence-electron chi connectivity index (χ1n) is 11.2. The Morgan fingerprint density at radius 2 is 1.85 bits per heavy atom. The van der Waals surface area contributed by atoms with Gasteiger partial charge in [-0.05, 0) is 49.6 Å². The molecule has 4 rings (SSSR count). The standard InChI is InChI=1S/C26H28N4O4/c1-18(8-9-19-6-4-3-5-7-19)27-23(32)16-29-14-15-30-25(26(29)33)22(17-31)24(28-30)20-10-12-21(34-2)13-11-20/h3-7,10-15,18,31H,8-9,16-17H2,1-2H3,(H,27,32). The molecule has 0 saturated heterocycles. The van der Waals surface area contributed by atoms with E-state index >= 15 is 0 Å². The highest BCUT2D eigenvalue weighted by atomic mass is 16.5. The molecule has 0 radical (unpaired) electrons. The first kappa shape index (κ1) is 23.3. The van der Waals surface area contributed by atoms with E-state index in [2.05, 4.69) is 22.5 Å². The fourth-order valence-electron chi connectivity index (χ4n) is 3.98. The van der Waals surface area contributed by atoms with Gasteiger partial charge in [0.25, 0.3) is 5.56 Å². The second-order valence-corrected chi connectivity index (χ2v) is 8.23. The van der Waals surface area contributed by atoms with Crippen molar-refractivity contribution in [1.29, 1.82) is 0 Å². The van der Waals surface area contributed by atoms with Crippen LogP contribution in [0.4, 0.5) is 0 Å². The van der Waals surface area contributed by atoms with E-state index in [1.807, 2.05) is 37.3 Å². The summed E-state index contributed by atoms with van der Waals surface area (Å²) in [7, 11) is 1.59. The van der Waals surface area contributed by atoms with Gasteiger partial charge in [0.05, 0.1) is 19.4 Å². The van der Waals surface area contributed by atoms with Crippen molar-refractivity contribution in [2.24, 2.45) is 0 Å². The maximum absolute atomic E-state index is 13.2. The Labute approximate surface area is 197 Å². The van der Waals surface area contributed by atoms with E-state index in [9.17, 15) is 14.7 Å². The number of aliphatic hydroxyl groups is 1. The third-order valence-electron chi connectivity index (χ3n) is 5.81. The molecular formula is C26H28N4O4. The highest BCUT2D eigenvalue weighted by Gasteiger charge is 2.19. The number of nitrogens with one attached hydrogen (secondary N) is 1. The molecule has 2 heterocycles. The van der Waals surface area contributed by atoms with Gasteiger partial charge in [-0.15, -0.1) is 0 Å². The van der Waals surface area contributed by atoms with Crippen LogP contribution in [0.5, 0.6) is 5.75 Å². The third kappa shape index (κ3) is 5.02. The van der Waals surface area contributed by atoms with E-state index in [0.717, 1.165) is 18.4 Å². The number of amides is 1. The van der Waals surface area contributed by atoms with Crippen LogP contribution in [0.1, 0.15) is 24.5 Å². The van der Waals surface area contributed by atoms with Crippen molar-refractivity contribution in [3.63, 3.8) is 0 Å². The first-order valence-corrected chi connectivity index (χ1v) is 11.2. The van der Waals surface area contributed by atoms with Gasteiger partial charge in [0.1, 0.15) is 17.8 Å². The SMILES string of the molecule is COc1ccc(-c2nn3ccn(CC(=O)NC(C)CCc4ccccc4)c(=O)c3c2CO)cc1. The maximum Gasteiger partial charge on any atom is 0.277 e. The number of aryl methyl sites for hydroxylation is 1. The number of carbonyl (C=O) groups is 1. The minimum atomic E-state index is -0.383. The van der Waals surface area contributed by atoms with Gasteiger partial charge in [0, 0.05) is 29.6 Å². The molecule has 4 aromatic rings. The zero-order valence-corrected chi connectivity index (χ0v) is 19.3. The Balaban J connectivity index is 1.51. The van der Waals surface area contributed by atoms with E-state index in [1.54, 1.807) is 25.4 Å². The van der Waals surface area contributed by atoms with Crippen molar-refractivity contribution in [3.8, 4) is 17.0 Å². The van der Waals surface area contributed by atoms with Crippen LogP contribution in [0.2, 0.25) is 0 Å². The molecule has 8 nitrogen and oxygen atoms in total. The van der Waals surface area contributed by atoms with Crippen LogP contribution in [-0.4, -0.2) is 38.3 Å². The molecule has 2 aromatic heterocycles. The van der Waals surface area contributed by atoms with Gasteiger partial charge >= 0.3 is 0 Å². The Bertz CT molecular complexity index is 1330. The average Bonchev–Trinajstić information content (AvgIpc) is 3.24. The predicted octanol–water partition coefficient (Wildman–Crippen LogP) is 2.80. The lowest BCUT2D eigenvalue weighted by molar-refractivity contribution is -0.122. The Morgan fingerprint density at radius 3 is 2.53 bits per heavy atom. The molecule has 1 unspecified atom stereocenters. The number of hydrogen-bond acceptors (Lipinski definition) is 5. The lowest BCUT2D eigenvalue weighted by Gasteiger charge is -2.14. The number of aliphatic hydroxyl groups excluding tert-OH is 1. The molecule has 0 bridgehead atoms. The highest BCUT2D eigenvalue weighted by molar-refractivity contribution is 5.76. The van der Waals surface area contributed by atoms with Crippen molar-refractivity contribution in [2.45, 2.75) is 39.0 Å². The normalized spacial score (nSPS) is 12.0. The van der Waals surface area contributed by atoms with Gasteiger partial charge in [0.2, 0.25) is 5.91 Å². The van der Waals surface area contributed by atoms with Crippen LogP contribution in [0.25, 0.3) is 16.8 Å². The maximum atomic E-state index is 13.2. The van der Waals surface area contributed by atoms with E-state index in [0.29, 0.717) is 17.0 Å². The van der Waals surface area contributed by atoms with Crippen LogP contribution in [0.3, 0.4) is 0 Å². The average molecular weight is 461 g/mol. The summed E-state index contributed by atoms with van der Waals surface area (Å²) in [6.07, 6.45) is 4.81. The monoisotopic (exact) mass is 460 g/mol. The zero-order chi connectivity index (χ0) is 24.1. The van der Waals surface area contributed by atoms with Gasteiger partial charge in [-0.2, -0.15) is 5.10 Å². The van der Waals surface area contributed by atoms with Crippen molar-refractivity contribution in [3.05, 3.63) is 88.5 Å². The van der Waals surface area contributed by atoms with Gasteiger partial charge in [-0.1, -0.05) is 30.3 Å². The quantitative estimate of drug-likeness (QED) is 0.400. The lowest BCUT2D eigenvalue weighted by Crippen LogP contribution is -2.37. The van der Waals surface area contributed by atoms with Crippen molar-refractivity contribution >= 4 is 11.4 Å². The number of hydrogen-bond donors (Lipinski definition) is 2. The minimum absolute atomic E-state index is 0.0308. The highest BCUT2D eigenvalue weighted by Crippen LogP contribution is 2.26. The predicted molar refractivity (Wildman–Crippen MR) is 130 cm³/mol. The second kappa shape index (κ2) is 10.4. The van der Waals surface area contributed by atoms with Gasteiger partial charge in [0.15, 0.2) is 0 Å². The third-order valence-corrected chi connectivity index (χ3v) is 5.81. The summed E-state index contributed by atoms with van der Waals surface area (Å²) in [5.74, 6) is 0.455. The topological polar surface area (TPSA) is 97.9 Å². The van der Waals surface area contributed by atoms with Crippen molar-refractivity contribution in [1.82, 2.24) is 19.5 Å². The van der Waals surface area contributed by atoms with Crippen LogP contribution >= 0.6 is 0 Å². The molecule has 0 spiro atoms. The van der Waals surface area contributed by atoms with Gasteiger partial charge < -0.3 is 19.7 Å². The number of nitrogens with zero attached hydrogens (tertiary/aromatic N) is 3. The molecule has 1 amide bonds. The summed E-state index contributed by atoms with van der Waals surface area (Å²) in [6, 6.07) is 17.3. The zero-order valence-electron chi connectivity index (χ0n) is 19.3. The molecular weight excluding hydrogens is 432 g/mol.